The Morgan fingerprint density at radius 3 is 1.95 bits per heavy atom. The number of benzene rings is 2. The number of hydrogen-bond acceptors (Lipinski definition) is 8. The normalized spacial score (nSPS) is 11.6. The van der Waals surface area contributed by atoms with E-state index >= 15 is 0 Å². The predicted octanol–water partition coefficient (Wildman–Crippen LogP) is 5.68. The average molecular weight is 525 g/mol. The van der Waals surface area contributed by atoms with Crippen molar-refractivity contribution in [1.29, 1.82) is 0 Å². The van der Waals surface area contributed by atoms with Crippen molar-refractivity contribution in [2.75, 3.05) is 10.6 Å². The van der Waals surface area contributed by atoms with Crippen molar-refractivity contribution in [3.05, 3.63) is 84.8 Å². The molecule has 0 aliphatic carbocycles. The first kappa shape index (κ1) is 25.4. The van der Waals surface area contributed by atoms with Crippen molar-refractivity contribution in [1.82, 2.24) is 9.97 Å². The molecule has 196 valence electrons. The zero-order valence-corrected chi connectivity index (χ0v) is 21.1. The molecule has 2 amide bonds. The van der Waals surface area contributed by atoms with Gasteiger partial charge in [0.25, 0.3) is 5.91 Å². The van der Waals surface area contributed by atoms with Crippen LogP contribution in [-0.4, -0.2) is 33.9 Å². The molecule has 10 nitrogen and oxygen atoms in total. The zero-order chi connectivity index (χ0) is 27.4. The first-order valence-corrected chi connectivity index (χ1v) is 12.2. The summed E-state index contributed by atoms with van der Waals surface area (Å²) in [7, 11) is 0. The van der Waals surface area contributed by atoms with E-state index in [0.717, 1.165) is 0 Å². The molecular formula is C29H24N4O6. The number of furan rings is 2. The molecule has 39 heavy (non-hydrogen) atoms. The molecule has 3 aromatic heterocycles. The Balaban J connectivity index is 1.35. The second-order valence-corrected chi connectivity index (χ2v) is 8.63. The van der Waals surface area contributed by atoms with Gasteiger partial charge in [0.15, 0.2) is 17.6 Å². The maximum atomic E-state index is 13.0. The van der Waals surface area contributed by atoms with Gasteiger partial charge in [-0.1, -0.05) is 6.92 Å². The molecule has 1 unspecified atom stereocenters. The summed E-state index contributed by atoms with van der Waals surface area (Å²) in [4.78, 5) is 46.4. The molecule has 0 bridgehead atoms. The third kappa shape index (κ3) is 5.69. The second-order valence-electron chi connectivity index (χ2n) is 8.63. The number of nitrogens with one attached hydrogen (secondary N) is 2. The van der Waals surface area contributed by atoms with Crippen LogP contribution in [0.5, 0.6) is 0 Å². The lowest BCUT2D eigenvalue weighted by molar-refractivity contribution is -0.124. The first-order chi connectivity index (χ1) is 18.9. The van der Waals surface area contributed by atoms with Crippen molar-refractivity contribution in [2.24, 2.45) is 0 Å². The van der Waals surface area contributed by atoms with Crippen LogP contribution in [0.1, 0.15) is 30.6 Å². The summed E-state index contributed by atoms with van der Waals surface area (Å²) in [5, 5.41) is 5.39. The minimum absolute atomic E-state index is 0.195. The van der Waals surface area contributed by atoms with Gasteiger partial charge in [-0.25, -0.2) is 14.8 Å². The molecule has 0 spiro atoms. The van der Waals surface area contributed by atoms with E-state index in [0.29, 0.717) is 45.3 Å². The summed E-state index contributed by atoms with van der Waals surface area (Å²) < 4.78 is 16.6. The van der Waals surface area contributed by atoms with Crippen LogP contribution in [0.3, 0.4) is 0 Å². The van der Waals surface area contributed by atoms with Crippen LogP contribution < -0.4 is 10.6 Å². The lowest BCUT2D eigenvalue weighted by Gasteiger charge is -2.16. The standard InChI is InChI=1S/C29H24N4O6/c1-3-23(28(35)31-20-11-9-19(10-12-20)30-17(2)34)39-29(36)18-8-13-21-22(16-18)33-27(25-7-5-15-38-25)26(32-21)24-6-4-14-37-24/h4-16,23H,3H2,1-2H3,(H,30,34)(H,31,35). The molecule has 0 saturated carbocycles. The summed E-state index contributed by atoms with van der Waals surface area (Å²) in [6.07, 6.45) is 2.33. The van der Waals surface area contributed by atoms with Gasteiger partial charge < -0.3 is 24.2 Å². The van der Waals surface area contributed by atoms with E-state index in [4.69, 9.17) is 23.5 Å². The third-order valence-corrected chi connectivity index (χ3v) is 5.79. The summed E-state index contributed by atoms with van der Waals surface area (Å²) in [5.74, 6) is -0.310. The number of carbonyl (C=O) groups is 3. The molecule has 5 rings (SSSR count). The van der Waals surface area contributed by atoms with Gasteiger partial charge in [0.1, 0.15) is 11.4 Å². The molecule has 3 heterocycles. The molecule has 0 fully saturated rings. The Hall–Kier alpha value is -5.25. The van der Waals surface area contributed by atoms with Gasteiger partial charge in [0, 0.05) is 18.3 Å². The van der Waals surface area contributed by atoms with Gasteiger partial charge in [0.05, 0.1) is 29.1 Å². The molecule has 5 aromatic rings. The second kappa shape index (κ2) is 11.0. The summed E-state index contributed by atoms with van der Waals surface area (Å²) in [5.41, 5.74) is 3.28. The lowest BCUT2D eigenvalue weighted by atomic mass is 10.1. The molecule has 0 aliphatic rings. The van der Waals surface area contributed by atoms with E-state index in [-0.39, 0.29) is 17.9 Å². The Kier molecular flexibility index (Phi) is 7.17. The topological polar surface area (TPSA) is 137 Å². The number of anilines is 2. The number of hydrogen-bond donors (Lipinski definition) is 2. The Labute approximate surface area is 223 Å². The molecule has 2 N–H and O–H groups in total. The summed E-state index contributed by atoms with van der Waals surface area (Å²) in [6.45, 7) is 3.16. The fourth-order valence-electron chi connectivity index (χ4n) is 3.93. The highest BCUT2D eigenvalue weighted by atomic mass is 16.5. The van der Waals surface area contributed by atoms with Crippen LogP contribution >= 0.6 is 0 Å². The van der Waals surface area contributed by atoms with Gasteiger partial charge >= 0.3 is 5.97 Å². The SMILES string of the molecule is CCC(OC(=O)c1ccc2nc(-c3ccco3)c(-c3ccco3)nc2c1)C(=O)Nc1ccc(NC(C)=O)cc1. The third-order valence-electron chi connectivity index (χ3n) is 5.79. The number of nitrogens with zero attached hydrogens (tertiary/aromatic N) is 2. The molecular weight excluding hydrogens is 500 g/mol. The largest absolute Gasteiger partial charge is 0.463 e. The van der Waals surface area contributed by atoms with Gasteiger partial charge in [-0.3, -0.25) is 9.59 Å². The van der Waals surface area contributed by atoms with Crippen LogP contribution in [0.25, 0.3) is 33.9 Å². The first-order valence-electron chi connectivity index (χ1n) is 12.2. The minimum atomic E-state index is -1.02. The number of amides is 2. The summed E-state index contributed by atoms with van der Waals surface area (Å²) >= 11 is 0. The predicted molar refractivity (Wildman–Crippen MR) is 144 cm³/mol. The van der Waals surface area contributed by atoms with Gasteiger partial charge in [-0.15, -0.1) is 0 Å². The van der Waals surface area contributed by atoms with Gasteiger partial charge in [-0.05, 0) is 73.2 Å². The summed E-state index contributed by atoms with van der Waals surface area (Å²) in [6, 6.07) is 18.5. The number of aromatic nitrogens is 2. The Bertz CT molecular complexity index is 1630. The van der Waals surface area contributed by atoms with Crippen molar-refractivity contribution >= 4 is 40.2 Å². The van der Waals surface area contributed by atoms with Crippen LogP contribution in [-0.2, 0) is 14.3 Å². The van der Waals surface area contributed by atoms with E-state index in [1.807, 2.05) is 0 Å². The van der Waals surface area contributed by atoms with Crippen LogP contribution in [0.2, 0.25) is 0 Å². The molecule has 0 radical (unpaired) electrons. The van der Waals surface area contributed by atoms with Gasteiger partial charge in [0.2, 0.25) is 5.91 Å². The van der Waals surface area contributed by atoms with Crippen LogP contribution in [0.15, 0.2) is 88.1 Å². The quantitative estimate of drug-likeness (QED) is 0.247. The molecule has 0 saturated heterocycles. The lowest BCUT2D eigenvalue weighted by Crippen LogP contribution is -2.32. The van der Waals surface area contributed by atoms with Crippen molar-refractivity contribution in [2.45, 2.75) is 26.4 Å². The maximum absolute atomic E-state index is 13.0. The van der Waals surface area contributed by atoms with E-state index < -0.39 is 18.0 Å². The van der Waals surface area contributed by atoms with E-state index in [1.165, 1.54) is 13.2 Å². The minimum Gasteiger partial charge on any atom is -0.463 e. The maximum Gasteiger partial charge on any atom is 0.338 e. The fraction of sp³-hybridized carbons (Fsp3) is 0.138. The van der Waals surface area contributed by atoms with Crippen LogP contribution in [0.4, 0.5) is 11.4 Å². The highest BCUT2D eigenvalue weighted by Crippen LogP contribution is 2.31. The number of carbonyl (C=O) groups excluding carboxylic acids is 3. The molecule has 1 atom stereocenters. The molecule has 0 aliphatic heterocycles. The van der Waals surface area contributed by atoms with Crippen molar-refractivity contribution < 1.29 is 28.0 Å². The van der Waals surface area contributed by atoms with E-state index in [1.54, 1.807) is 79.9 Å². The zero-order valence-electron chi connectivity index (χ0n) is 21.1. The van der Waals surface area contributed by atoms with Crippen molar-refractivity contribution in [3.8, 4) is 22.9 Å². The number of ether oxygens (including phenoxy) is 1. The number of esters is 1. The number of rotatable bonds is 8. The van der Waals surface area contributed by atoms with Crippen LogP contribution in [0, 0.1) is 0 Å². The van der Waals surface area contributed by atoms with Crippen molar-refractivity contribution in [3.63, 3.8) is 0 Å². The monoisotopic (exact) mass is 524 g/mol. The average Bonchev–Trinajstić information content (AvgIpc) is 3.66. The Morgan fingerprint density at radius 1 is 0.821 bits per heavy atom. The fourth-order valence-corrected chi connectivity index (χ4v) is 3.93. The highest BCUT2D eigenvalue weighted by molar-refractivity contribution is 5.99. The van der Waals surface area contributed by atoms with E-state index in [2.05, 4.69) is 10.6 Å². The molecule has 10 heteroatoms. The van der Waals surface area contributed by atoms with E-state index in [9.17, 15) is 14.4 Å². The Morgan fingerprint density at radius 2 is 1.41 bits per heavy atom. The smallest absolute Gasteiger partial charge is 0.338 e. The molecule has 2 aromatic carbocycles. The highest BCUT2D eigenvalue weighted by Gasteiger charge is 2.23. The number of fused-ring (bicyclic) bond motifs is 1. The van der Waals surface area contributed by atoms with Gasteiger partial charge in [-0.2, -0.15) is 0 Å².